The van der Waals surface area contributed by atoms with Crippen molar-refractivity contribution in [3.8, 4) is 0 Å². The minimum absolute atomic E-state index is 0.0599. The van der Waals surface area contributed by atoms with Crippen molar-refractivity contribution in [1.29, 1.82) is 0 Å². The summed E-state index contributed by atoms with van der Waals surface area (Å²) in [5.74, 6) is 0.595. The minimum atomic E-state index is -0.369. The van der Waals surface area contributed by atoms with Gasteiger partial charge in [0.1, 0.15) is 0 Å². The second-order valence-electron chi connectivity index (χ2n) is 6.69. The van der Waals surface area contributed by atoms with E-state index in [4.69, 9.17) is 0 Å². The molecule has 1 heterocycles. The van der Waals surface area contributed by atoms with Crippen LogP contribution in [0.1, 0.15) is 44.9 Å². The number of nitrogens with zero attached hydrogens (tertiary/aromatic N) is 1. The number of amides is 2. The van der Waals surface area contributed by atoms with Gasteiger partial charge in [-0.05, 0) is 44.6 Å². The lowest BCUT2D eigenvalue weighted by molar-refractivity contribution is 0.0942. The van der Waals surface area contributed by atoms with E-state index < -0.39 is 0 Å². The van der Waals surface area contributed by atoms with Crippen LogP contribution in [0.5, 0.6) is 0 Å². The van der Waals surface area contributed by atoms with Crippen molar-refractivity contribution in [2.45, 2.75) is 63.1 Å². The van der Waals surface area contributed by atoms with E-state index in [2.05, 4.69) is 15.5 Å². The van der Waals surface area contributed by atoms with E-state index in [-0.39, 0.29) is 18.2 Å². The SMILES string of the molecule is O=C(NCC1CCN(C2CC2)C1)NC1CCCCC1O. The average molecular weight is 281 g/mol. The van der Waals surface area contributed by atoms with Gasteiger partial charge < -0.3 is 20.6 Å². The van der Waals surface area contributed by atoms with Crippen molar-refractivity contribution in [3.63, 3.8) is 0 Å². The van der Waals surface area contributed by atoms with Crippen LogP contribution in [0.15, 0.2) is 0 Å². The molecule has 0 aromatic rings. The Morgan fingerprint density at radius 1 is 1.15 bits per heavy atom. The normalized spacial score (nSPS) is 35.0. The molecule has 3 atom stereocenters. The van der Waals surface area contributed by atoms with Crippen molar-refractivity contribution >= 4 is 6.03 Å². The van der Waals surface area contributed by atoms with Crippen LogP contribution >= 0.6 is 0 Å². The number of hydrogen-bond acceptors (Lipinski definition) is 3. The van der Waals surface area contributed by atoms with Crippen LogP contribution in [0.25, 0.3) is 0 Å². The third-order valence-electron chi connectivity index (χ3n) is 4.98. The van der Waals surface area contributed by atoms with Crippen molar-refractivity contribution in [2.24, 2.45) is 5.92 Å². The van der Waals surface area contributed by atoms with Gasteiger partial charge in [0.2, 0.25) is 0 Å². The van der Waals surface area contributed by atoms with Crippen molar-refractivity contribution in [2.75, 3.05) is 19.6 Å². The Labute approximate surface area is 121 Å². The Balaban J connectivity index is 1.34. The zero-order valence-corrected chi connectivity index (χ0v) is 12.2. The van der Waals surface area contributed by atoms with Crippen LogP contribution in [0.4, 0.5) is 4.79 Å². The maximum atomic E-state index is 11.9. The van der Waals surface area contributed by atoms with Gasteiger partial charge in [0.05, 0.1) is 12.1 Å². The van der Waals surface area contributed by atoms with Crippen LogP contribution < -0.4 is 10.6 Å². The first-order chi connectivity index (χ1) is 9.72. The quantitative estimate of drug-likeness (QED) is 0.722. The summed E-state index contributed by atoms with van der Waals surface area (Å²) in [7, 11) is 0. The molecule has 3 fully saturated rings. The molecule has 0 radical (unpaired) electrons. The van der Waals surface area contributed by atoms with E-state index in [1.807, 2.05) is 0 Å². The first-order valence-electron chi connectivity index (χ1n) is 8.19. The zero-order valence-electron chi connectivity index (χ0n) is 12.2. The lowest BCUT2D eigenvalue weighted by Gasteiger charge is -2.28. The Hall–Kier alpha value is -0.810. The molecule has 2 amide bonds. The number of hydrogen-bond donors (Lipinski definition) is 3. The monoisotopic (exact) mass is 281 g/mol. The van der Waals surface area contributed by atoms with E-state index in [9.17, 15) is 9.90 Å². The van der Waals surface area contributed by atoms with Gasteiger partial charge in [0.15, 0.2) is 0 Å². The summed E-state index contributed by atoms with van der Waals surface area (Å²) in [6.45, 7) is 3.09. The summed E-state index contributed by atoms with van der Waals surface area (Å²) < 4.78 is 0. The summed E-state index contributed by atoms with van der Waals surface area (Å²) in [4.78, 5) is 14.5. The second kappa shape index (κ2) is 6.31. The van der Waals surface area contributed by atoms with Crippen LogP contribution in [0, 0.1) is 5.92 Å². The Morgan fingerprint density at radius 2 is 1.95 bits per heavy atom. The highest BCUT2D eigenvalue weighted by atomic mass is 16.3. The zero-order chi connectivity index (χ0) is 13.9. The third-order valence-corrected chi connectivity index (χ3v) is 4.98. The molecule has 3 aliphatic rings. The van der Waals surface area contributed by atoms with Gasteiger partial charge in [-0.25, -0.2) is 4.79 Å². The fraction of sp³-hybridized carbons (Fsp3) is 0.933. The van der Waals surface area contributed by atoms with Crippen molar-refractivity contribution in [1.82, 2.24) is 15.5 Å². The van der Waals surface area contributed by atoms with Gasteiger partial charge in [-0.2, -0.15) is 0 Å². The lowest BCUT2D eigenvalue weighted by Crippen LogP contribution is -2.49. The molecule has 3 unspecified atom stereocenters. The molecular formula is C15H27N3O2. The van der Waals surface area contributed by atoms with E-state index >= 15 is 0 Å². The number of rotatable bonds is 4. The number of carbonyl (C=O) groups excluding carboxylic acids is 1. The Morgan fingerprint density at radius 3 is 2.70 bits per heavy atom. The highest BCUT2D eigenvalue weighted by molar-refractivity contribution is 5.74. The number of aliphatic hydroxyl groups excluding tert-OH is 1. The smallest absolute Gasteiger partial charge is 0.315 e. The first-order valence-corrected chi connectivity index (χ1v) is 8.19. The second-order valence-corrected chi connectivity index (χ2v) is 6.69. The molecule has 2 aliphatic carbocycles. The fourth-order valence-corrected chi connectivity index (χ4v) is 3.54. The lowest BCUT2D eigenvalue weighted by atomic mass is 9.93. The molecule has 0 aromatic heterocycles. The topological polar surface area (TPSA) is 64.6 Å². The molecule has 3 rings (SSSR count). The highest BCUT2D eigenvalue weighted by Crippen LogP contribution is 2.31. The van der Waals surface area contributed by atoms with Crippen LogP contribution in [0.3, 0.4) is 0 Å². The molecule has 1 aliphatic heterocycles. The molecule has 114 valence electrons. The maximum Gasteiger partial charge on any atom is 0.315 e. The van der Waals surface area contributed by atoms with E-state index in [0.717, 1.165) is 44.8 Å². The van der Waals surface area contributed by atoms with Crippen molar-refractivity contribution in [3.05, 3.63) is 0 Å². The molecule has 5 nitrogen and oxygen atoms in total. The minimum Gasteiger partial charge on any atom is -0.391 e. The summed E-state index contributed by atoms with van der Waals surface area (Å²) in [6, 6.07) is 0.669. The average Bonchev–Trinajstić information content (AvgIpc) is 3.18. The van der Waals surface area contributed by atoms with Gasteiger partial charge in [0.25, 0.3) is 0 Å². The molecule has 3 N–H and O–H groups in total. The van der Waals surface area contributed by atoms with Crippen LogP contribution in [-0.2, 0) is 0 Å². The van der Waals surface area contributed by atoms with E-state index in [1.165, 1.54) is 25.8 Å². The van der Waals surface area contributed by atoms with Crippen molar-refractivity contribution < 1.29 is 9.90 Å². The fourth-order valence-electron chi connectivity index (χ4n) is 3.54. The highest BCUT2D eigenvalue weighted by Gasteiger charge is 2.34. The Bertz CT molecular complexity index is 346. The number of carbonyl (C=O) groups is 1. The van der Waals surface area contributed by atoms with Crippen LogP contribution in [-0.4, -0.2) is 53.9 Å². The van der Waals surface area contributed by atoms with E-state index in [0.29, 0.717) is 5.92 Å². The summed E-state index contributed by atoms with van der Waals surface area (Å²) in [6.07, 6.45) is 7.42. The number of nitrogens with one attached hydrogen (secondary N) is 2. The molecule has 5 heteroatoms. The summed E-state index contributed by atoms with van der Waals surface area (Å²) >= 11 is 0. The van der Waals surface area contributed by atoms with Gasteiger partial charge in [-0.1, -0.05) is 12.8 Å². The van der Waals surface area contributed by atoms with Gasteiger partial charge in [-0.3, -0.25) is 0 Å². The molecule has 2 saturated carbocycles. The molecular weight excluding hydrogens is 254 g/mol. The third kappa shape index (κ3) is 3.64. The Kier molecular flexibility index (Phi) is 4.46. The molecule has 1 saturated heterocycles. The molecule has 0 aromatic carbocycles. The van der Waals surface area contributed by atoms with E-state index in [1.54, 1.807) is 0 Å². The predicted octanol–water partition coefficient (Wildman–Crippen LogP) is 1.07. The van der Waals surface area contributed by atoms with Gasteiger partial charge >= 0.3 is 6.03 Å². The maximum absolute atomic E-state index is 11.9. The van der Waals surface area contributed by atoms with Gasteiger partial charge in [0, 0.05) is 19.1 Å². The van der Waals surface area contributed by atoms with Gasteiger partial charge in [-0.15, -0.1) is 0 Å². The summed E-state index contributed by atoms with van der Waals surface area (Å²) in [5.41, 5.74) is 0. The number of likely N-dealkylation sites (tertiary alicyclic amines) is 1. The first kappa shape index (κ1) is 14.1. The standard InChI is InChI=1S/C15H27N3O2/c19-14-4-2-1-3-13(14)17-15(20)16-9-11-7-8-18(10-11)12-5-6-12/h11-14,19H,1-10H2,(H2,16,17,20). The largest absolute Gasteiger partial charge is 0.391 e. The molecule has 20 heavy (non-hydrogen) atoms. The van der Waals surface area contributed by atoms with Crippen LogP contribution in [0.2, 0.25) is 0 Å². The number of urea groups is 1. The molecule has 0 bridgehead atoms. The summed E-state index contributed by atoms with van der Waals surface area (Å²) in [5, 5.41) is 15.8. The predicted molar refractivity (Wildman–Crippen MR) is 77.5 cm³/mol. The number of aliphatic hydroxyl groups is 1. The molecule has 0 spiro atoms.